The highest BCUT2D eigenvalue weighted by Gasteiger charge is 2.24. The fourth-order valence-electron chi connectivity index (χ4n) is 2.42. The van der Waals surface area contributed by atoms with Crippen LogP contribution in [0.15, 0.2) is 52.3 Å². The summed E-state index contributed by atoms with van der Waals surface area (Å²) in [7, 11) is -3.77. The van der Waals surface area contributed by atoms with Crippen LogP contribution in [0.1, 0.15) is 24.2 Å². The number of hydrogen-bond donors (Lipinski definition) is 1. The standard InChI is InChI=1S/C18H21FN2O3S2/c1-4-21(5-2)26(23,24)15-10-11-17(19)16(12-15)18(22)20-13-6-8-14(25-3)9-7-13/h6-12H,4-5H2,1-3H3,(H,20,22). The van der Waals surface area contributed by atoms with Crippen molar-refractivity contribution in [2.24, 2.45) is 0 Å². The zero-order valence-corrected chi connectivity index (χ0v) is 16.5. The van der Waals surface area contributed by atoms with Crippen molar-refractivity contribution in [3.8, 4) is 0 Å². The minimum absolute atomic E-state index is 0.106. The van der Waals surface area contributed by atoms with E-state index in [1.54, 1.807) is 37.7 Å². The van der Waals surface area contributed by atoms with E-state index in [2.05, 4.69) is 5.32 Å². The lowest BCUT2D eigenvalue weighted by Gasteiger charge is -2.19. The molecule has 26 heavy (non-hydrogen) atoms. The normalized spacial score (nSPS) is 11.6. The summed E-state index contributed by atoms with van der Waals surface area (Å²) in [5.74, 6) is -1.47. The number of thioether (sulfide) groups is 1. The summed E-state index contributed by atoms with van der Waals surface area (Å²) < 4.78 is 40.5. The molecular formula is C18H21FN2O3S2. The van der Waals surface area contributed by atoms with Crippen LogP contribution < -0.4 is 5.32 Å². The molecule has 0 heterocycles. The molecule has 0 atom stereocenters. The number of benzene rings is 2. The summed E-state index contributed by atoms with van der Waals surface area (Å²) in [6.07, 6.45) is 1.94. The van der Waals surface area contributed by atoms with Crippen LogP contribution in [0.2, 0.25) is 0 Å². The molecule has 0 aliphatic heterocycles. The Morgan fingerprint density at radius 2 is 1.73 bits per heavy atom. The number of rotatable bonds is 7. The average Bonchev–Trinajstić information content (AvgIpc) is 2.63. The second-order valence-corrected chi connectivity index (χ2v) is 8.23. The molecule has 2 aromatic carbocycles. The maximum absolute atomic E-state index is 14.1. The Balaban J connectivity index is 2.32. The van der Waals surface area contributed by atoms with E-state index in [4.69, 9.17) is 0 Å². The van der Waals surface area contributed by atoms with Gasteiger partial charge in [0, 0.05) is 23.7 Å². The topological polar surface area (TPSA) is 66.5 Å². The minimum atomic E-state index is -3.77. The quantitative estimate of drug-likeness (QED) is 0.723. The number of anilines is 1. The van der Waals surface area contributed by atoms with Gasteiger partial charge in [-0.05, 0) is 48.7 Å². The van der Waals surface area contributed by atoms with Crippen molar-refractivity contribution in [3.05, 3.63) is 53.8 Å². The summed E-state index contributed by atoms with van der Waals surface area (Å²) in [6.45, 7) is 4.02. The van der Waals surface area contributed by atoms with E-state index in [-0.39, 0.29) is 10.5 Å². The van der Waals surface area contributed by atoms with Crippen molar-refractivity contribution >= 4 is 33.4 Å². The monoisotopic (exact) mass is 396 g/mol. The molecule has 1 N–H and O–H groups in total. The van der Waals surface area contributed by atoms with Crippen LogP contribution in [0.3, 0.4) is 0 Å². The first-order valence-corrected chi connectivity index (χ1v) is 10.7. The Morgan fingerprint density at radius 1 is 1.12 bits per heavy atom. The third-order valence-electron chi connectivity index (χ3n) is 3.87. The van der Waals surface area contributed by atoms with E-state index in [1.165, 1.54) is 10.4 Å². The van der Waals surface area contributed by atoms with Crippen LogP contribution in [0.4, 0.5) is 10.1 Å². The van der Waals surface area contributed by atoms with Crippen molar-refractivity contribution < 1.29 is 17.6 Å². The molecule has 0 fully saturated rings. The SMILES string of the molecule is CCN(CC)S(=O)(=O)c1ccc(F)c(C(=O)Nc2ccc(SC)cc2)c1. The second-order valence-electron chi connectivity index (χ2n) is 5.41. The summed E-state index contributed by atoms with van der Waals surface area (Å²) in [6, 6.07) is 10.3. The van der Waals surface area contributed by atoms with Gasteiger partial charge in [-0.1, -0.05) is 13.8 Å². The molecule has 140 valence electrons. The molecule has 8 heteroatoms. The van der Waals surface area contributed by atoms with Gasteiger partial charge in [-0.25, -0.2) is 12.8 Å². The molecule has 2 aromatic rings. The molecule has 5 nitrogen and oxygen atoms in total. The number of amides is 1. The smallest absolute Gasteiger partial charge is 0.258 e. The number of nitrogens with one attached hydrogen (secondary N) is 1. The highest BCUT2D eigenvalue weighted by atomic mass is 32.2. The van der Waals surface area contributed by atoms with E-state index in [9.17, 15) is 17.6 Å². The summed E-state index contributed by atoms with van der Waals surface area (Å²) in [5.41, 5.74) is 0.191. The molecule has 0 aliphatic rings. The molecule has 0 radical (unpaired) electrons. The van der Waals surface area contributed by atoms with Crippen molar-refractivity contribution in [1.82, 2.24) is 4.31 Å². The summed E-state index contributed by atoms with van der Waals surface area (Å²) in [5, 5.41) is 2.59. The molecule has 0 saturated heterocycles. The Kier molecular flexibility index (Phi) is 6.80. The molecule has 0 bridgehead atoms. The van der Waals surface area contributed by atoms with Crippen molar-refractivity contribution in [1.29, 1.82) is 0 Å². The third-order valence-corrected chi connectivity index (χ3v) is 6.66. The fourth-order valence-corrected chi connectivity index (χ4v) is 4.32. The van der Waals surface area contributed by atoms with Crippen LogP contribution >= 0.6 is 11.8 Å². The van der Waals surface area contributed by atoms with Gasteiger partial charge in [0.2, 0.25) is 10.0 Å². The largest absolute Gasteiger partial charge is 0.322 e. The van der Waals surface area contributed by atoms with Crippen LogP contribution in [-0.4, -0.2) is 38.0 Å². The third kappa shape index (κ3) is 4.44. The van der Waals surface area contributed by atoms with Gasteiger partial charge in [-0.2, -0.15) is 4.31 Å². The van der Waals surface area contributed by atoms with Crippen LogP contribution in [0.5, 0.6) is 0 Å². The molecule has 1 amide bonds. The zero-order valence-electron chi connectivity index (χ0n) is 14.8. The van der Waals surface area contributed by atoms with Crippen molar-refractivity contribution in [2.45, 2.75) is 23.6 Å². The number of carbonyl (C=O) groups excluding carboxylic acids is 1. The first kappa shape index (κ1) is 20.4. The summed E-state index contributed by atoms with van der Waals surface area (Å²) >= 11 is 1.56. The molecule has 0 spiro atoms. The highest BCUT2D eigenvalue weighted by Crippen LogP contribution is 2.21. The first-order valence-electron chi connectivity index (χ1n) is 8.08. The number of halogens is 1. The Labute approximate surface area is 157 Å². The van der Waals surface area contributed by atoms with Crippen LogP contribution in [0.25, 0.3) is 0 Å². The fraction of sp³-hybridized carbons (Fsp3) is 0.278. The lowest BCUT2D eigenvalue weighted by Crippen LogP contribution is -2.31. The van der Waals surface area contributed by atoms with Gasteiger partial charge < -0.3 is 5.32 Å². The number of sulfonamides is 1. The highest BCUT2D eigenvalue weighted by molar-refractivity contribution is 7.98. The van der Waals surface area contributed by atoms with Crippen LogP contribution in [-0.2, 0) is 10.0 Å². The van der Waals surface area contributed by atoms with Crippen molar-refractivity contribution in [3.63, 3.8) is 0 Å². The number of nitrogens with zero attached hydrogens (tertiary/aromatic N) is 1. The molecule has 0 unspecified atom stereocenters. The number of hydrogen-bond acceptors (Lipinski definition) is 4. The molecular weight excluding hydrogens is 375 g/mol. The van der Waals surface area contributed by atoms with E-state index in [0.717, 1.165) is 17.0 Å². The Hall–Kier alpha value is -1.90. The van der Waals surface area contributed by atoms with E-state index < -0.39 is 21.7 Å². The van der Waals surface area contributed by atoms with Gasteiger partial charge in [0.25, 0.3) is 5.91 Å². The average molecular weight is 397 g/mol. The lowest BCUT2D eigenvalue weighted by molar-refractivity contribution is 0.102. The van der Waals surface area contributed by atoms with Gasteiger partial charge in [-0.3, -0.25) is 4.79 Å². The number of carbonyl (C=O) groups is 1. The van der Waals surface area contributed by atoms with Gasteiger partial charge in [0.15, 0.2) is 0 Å². The van der Waals surface area contributed by atoms with E-state index in [0.29, 0.717) is 18.8 Å². The Morgan fingerprint density at radius 3 is 2.27 bits per heavy atom. The Bertz CT molecular complexity index is 880. The maximum atomic E-state index is 14.1. The van der Waals surface area contributed by atoms with E-state index in [1.807, 2.05) is 18.4 Å². The van der Waals surface area contributed by atoms with Gasteiger partial charge in [0.1, 0.15) is 5.82 Å². The van der Waals surface area contributed by atoms with Crippen LogP contribution in [0, 0.1) is 5.82 Å². The maximum Gasteiger partial charge on any atom is 0.258 e. The molecule has 0 saturated carbocycles. The molecule has 0 aromatic heterocycles. The predicted octanol–water partition coefficient (Wildman–Crippen LogP) is 3.83. The van der Waals surface area contributed by atoms with Crippen molar-refractivity contribution in [2.75, 3.05) is 24.7 Å². The zero-order chi connectivity index (χ0) is 19.3. The lowest BCUT2D eigenvalue weighted by atomic mass is 10.2. The minimum Gasteiger partial charge on any atom is -0.322 e. The molecule has 0 aliphatic carbocycles. The van der Waals surface area contributed by atoms with E-state index >= 15 is 0 Å². The first-order chi connectivity index (χ1) is 12.3. The second kappa shape index (κ2) is 8.66. The summed E-state index contributed by atoms with van der Waals surface area (Å²) in [4.78, 5) is 13.3. The molecule has 2 rings (SSSR count). The van der Waals surface area contributed by atoms with Gasteiger partial charge in [0.05, 0.1) is 10.5 Å². The predicted molar refractivity (Wildman–Crippen MR) is 103 cm³/mol. The van der Waals surface area contributed by atoms with Gasteiger partial charge >= 0.3 is 0 Å². The van der Waals surface area contributed by atoms with Gasteiger partial charge in [-0.15, -0.1) is 11.8 Å².